The van der Waals surface area contributed by atoms with E-state index in [0.29, 0.717) is 11.3 Å². The molecule has 1 aliphatic rings. The largest absolute Gasteiger partial charge is 0.330 e. The molecule has 84 valence electrons. The van der Waals surface area contributed by atoms with E-state index in [-0.39, 0.29) is 0 Å². The molecule has 2 rings (SSSR count). The molecule has 15 heavy (non-hydrogen) atoms. The van der Waals surface area contributed by atoms with E-state index in [1.807, 2.05) is 6.20 Å². The van der Waals surface area contributed by atoms with Gasteiger partial charge in [0.1, 0.15) is 0 Å². The van der Waals surface area contributed by atoms with Gasteiger partial charge in [-0.1, -0.05) is 0 Å². The Bertz CT molecular complexity index is 303. The standard InChI is InChI=1S/C11H18ClN3/c12-11-14-7-8-15(11)10-3-1-9(2-4-10)5-6-13/h7-10H,1-6,13H2. The molecular weight excluding hydrogens is 210 g/mol. The van der Waals surface area contributed by atoms with E-state index in [1.165, 1.54) is 32.1 Å². The maximum absolute atomic E-state index is 6.00. The van der Waals surface area contributed by atoms with Gasteiger partial charge < -0.3 is 10.3 Å². The molecule has 4 heteroatoms. The normalized spacial score (nSPS) is 26.8. The summed E-state index contributed by atoms with van der Waals surface area (Å²) in [6, 6.07) is 0.550. The van der Waals surface area contributed by atoms with Crippen LogP contribution in [0.25, 0.3) is 0 Å². The summed E-state index contributed by atoms with van der Waals surface area (Å²) in [5, 5.41) is 0.622. The summed E-state index contributed by atoms with van der Waals surface area (Å²) in [5.74, 6) is 0.827. The molecule has 1 aromatic heterocycles. The van der Waals surface area contributed by atoms with Gasteiger partial charge in [0.15, 0.2) is 0 Å². The van der Waals surface area contributed by atoms with Crippen molar-refractivity contribution in [2.24, 2.45) is 11.7 Å². The summed E-state index contributed by atoms with van der Waals surface area (Å²) in [6.45, 7) is 0.821. The van der Waals surface area contributed by atoms with E-state index in [1.54, 1.807) is 6.20 Å². The summed E-state index contributed by atoms with van der Waals surface area (Å²) < 4.78 is 2.10. The number of nitrogens with two attached hydrogens (primary N) is 1. The van der Waals surface area contributed by atoms with Crippen LogP contribution in [-0.4, -0.2) is 16.1 Å². The van der Waals surface area contributed by atoms with Gasteiger partial charge in [0.2, 0.25) is 5.28 Å². The Hall–Kier alpha value is -0.540. The van der Waals surface area contributed by atoms with Gasteiger partial charge in [0.25, 0.3) is 0 Å². The molecule has 3 nitrogen and oxygen atoms in total. The maximum atomic E-state index is 6.00. The highest BCUT2D eigenvalue weighted by molar-refractivity contribution is 6.28. The highest BCUT2D eigenvalue weighted by Gasteiger charge is 2.22. The molecular formula is C11H18ClN3. The lowest BCUT2D eigenvalue weighted by Crippen LogP contribution is -2.19. The lowest BCUT2D eigenvalue weighted by atomic mass is 9.84. The Morgan fingerprint density at radius 3 is 2.67 bits per heavy atom. The third-order valence-electron chi connectivity index (χ3n) is 3.41. The van der Waals surface area contributed by atoms with E-state index in [0.717, 1.165) is 12.5 Å². The number of halogens is 1. The molecule has 0 aliphatic heterocycles. The van der Waals surface area contributed by atoms with Crippen molar-refractivity contribution in [3.8, 4) is 0 Å². The Morgan fingerprint density at radius 1 is 1.40 bits per heavy atom. The predicted molar refractivity (Wildman–Crippen MR) is 61.9 cm³/mol. The Morgan fingerprint density at radius 2 is 2.13 bits per heavy atom. The molecule has 2 N–H and O–H groups in total. The molecule has 1 fully saturated rings. The Labute approximate surface area is 95.6 Å². The third-order valence-corrected chi connectivity index (χ3v) is 3.70. The summed E-state index contributed by atoms with van der Waals surface area (Å²) in [7, 11) is 0. The molecule has 0 spiro atoms. The van der Waals surface area contributed by atoms with Crippen molar-refractivity contribution in [2.45, 2.75) is 38.1 Å². The fourth-order valence-electron chi connectivity index (χ4n) is 2.51. The van der Waals surface area contributed by atoms with Gasteiger partial charge in [0, 0.05) is 18.4 Å². The lowest BCUT2D eigenvalue weighted by Gasteiger charge is -2.29. The zero-order chi connectivity index (χ0) is 10.7. The molecule has 0 bridgehead atoms. The molecule has 0 aromatic carbocycles. The number of nitrogens with zero attached hydrogens (tertiary/aromatic N) is 2. The average molecular weight is 228 g/mol. The predicted octanol–water partition coefficient (Wildman–Crippen LogP) is 2.62. The van der Waals surface area contributed by atoms with Crippen molar-refractivity contribution in [1.82, 2.24) is 9.55 Å². The van der Waals surface area contributed by atoms with E-state index in [4.69, 9.17) is 17.3 Å². The summed E-state index contributed by atoms with van der Waals surface area (Å²) in [4.78, 5) is 4.06. The van der Waals surface area contributed by atoms with Crippen LogP contribution in [0.15, 0.2) is 12.4 Å². The van der Waals surface area contributed by atoms with Crippen LogP contribution in [0.1, 0.15) is 38.1 Å². The fraction of sp³-hybridized carbons (Fsp3) is 0.727. The minimum atomic E-state index is 0.550. The average Bonchev–Trinajstić information content (AvgIpc) is 2.66. The van der Waals surface area contributed by atoms with Crippen molar-refractivity contribution < 1.29 is 0 Å². The smallest absolute Gasteiger partial charge is 0.202 e. The van der Waals surface area contributed by atoms with Crippen LogP contribution in [-0.2, 0) is 0 Å². The molecule has 1 heterocycles. The van der Waals surface area contributed by atoms with Gasteiger partial charge in [-0.15, -0.1) is 0 Å². The van der Waals surface area contributed by atoms with Crippen LogP contribution in [0.2, 0.25) is 5.28 Å². The van der Waals surface area contributed by atoms with Gasteiger partial charge in [-0.05, 0) is 56.2 Å². The van der Waals surface area contributed by atoms with Gasteiger partial charge in [-0.3, -0.25) is 0 Å². The number of aromatic nitrogens is 2. The fourth-order valence-corrected chi connectivity index (χ4v) is 2.77. The van der Waals surface area contributed by atoms with Crippen molar-refractivity contribution >= 4 is 11.6 Å². The van der Waals surface area contributed by atoms with Crippen LogP contribution >= 0.6 is 11.6 Å². The van der Waals surface area contributed by atoms with Gasteiger partial charge in [-0.25, -0.2) is 4.98 Å². The molecule has 0 radical (unpaired) electrons. The summed E-state index contributed by atoms with van der Waals surface area (Å²) >= 11 is 6.00. The van der Waals surface area contributed by atoms with Crippen molar-refractivity contribution in [2.75, 3.05) is 6.54 Å². The quantitative estimate of drug-likeness (QED) is 0.863. The van der Waals surface area contributed by atoms with Gasteiger partial charge >= 0.3 is 0 Å². The monoisotopic (exact) mass is 227 g/mol. The second kappa shape index (κ2) is 4.99. The van der Waals surface area contributed by atoms with E-state index < -0.39 is 0 Å². The number of hydrogen-bond acceptors (Lipinski definition) is 2. The molecule has 0 saturated heterocycles. The minimum absolute atomic E-state index is 0.550. The second-order valence-corrected chi connectivity index (χ2v) is 4.69. The molecule has 0 unspecified atom stereocenters. The Balaban J connectivity index is 1.91. The molecule has 1 saturated carbocycles. The zero-order valence-electron chi connectivity index (χ0n) is 8.90. The second-order valence-electron chi connectivity index (χ2n) is 4.36. The Kier molecular flexibility index (Phi) is 3.65. The topological polar surface area (TPSA) is 43.8 Å². The molecule has 0 amide bonds. The van der Waals surface area contributed by atoms with Crippen molar-refractivity contribution in [3.05, 3.63) is 17.7 Å². The van der Waals surface area contributed by atoms with E-state index in [2.05, 4.69) is 9.55 Å². The van der Waals surface area contributed by atoms with Gasteiger partial charge in [0.05, 0.1) is 0 Å². The van der Waals surface area contributed by atoms with Crippen LogP contribution in [0.5, 0.6) is 0 Å². The number of hydrogen-bond donors (Lipinski definition) is 1. The zero-order valence-corrected chi connectivity index (χ0v) is 9.66. The molecule has 0 atom stereocenters. The van der Waals surface area contributed by atoms with E-state index >= 15 is 0 Å². The van der Waals surface area contributed by atoms with E-state index in [9.17, 15) is 0 Å². The minimum Gasteiger partial charge on any atom is -0.330 e. The van der Waals surface area contributed by atoms with Crippen LogP contribution in [0.3, 0.4) is 0 Å². The number of rotatable bonds is 3. The summed E-state index contributed by atoms with van der Waals surface area (Å²) in [5.41, 5.74) is 5.58. The van der Waals surface area contributed by atoms with Crippen LogP contribution < -0.4 is 5.73 Å². The van der Waals surface area contributed by atoms with Crippen LogP contribution in [0.4, 0.5) is 0 Å². The number of imidazole rings is 1. The first-order valence-corrected chi connectivity index (χ1v) is 6.07. The first-order valence-electron chi connectivity index (χ1n) is 5.69. The highest BCUT2D eigenvalue weighted by atomic mass is 35.5. The van der Waals surface area contributed by atoms with Crippen molar-refractivity contribution in [1.29, 1.82) is 0 Å². The van der Waals surface area contributed by atoms with Crippen LogP contribution in [0, 0.1) is 5.92 Å². The first-order chi connectivity index (χ1) is 7.31. The molecule has 1 aliphatic carbocycles. The first kappa shape index (κ1) is 11.0. The SMILES string of the molecule is NCCC1CCC(n2ccnc2Cl)CC1. The van der Waals surface area contributed by atoms with Crippen molar-refractivity contribution in [3.63, 3.8) is 0 Å². The maximum Gasteiger partial charge on any atom is 0.202 e. The lowest BCUT2D eigenvalue weighted by molar-refractivity contribution is 0.266. The third kappa shape index (κ3) is 2.52. The molecule has 1 aromatic rings. The summed E-state index contributed by atoms with van der Waals surface area (Å²) in [6.07, 6.45) is 9.89. The highest BCUT2D eigenvalue weighted by Crippen LogP contribution is 2.34. The van der Waals surface area contributed by atoms with Gasteiger partial charge in [-0.2, -0.15) is 0 Å².